The molecule has 0 fully saturated rings. The van der Waals surface area contributed by atoms with E-state index in [0.717, 1.165) is 0 Å². The molecule has 2 aromatic rings. The Morgan fingerprint density at radius 2 is 1.76 bits per heavy atom. The average Bonchev–Trinajstić information content (AvgIpc) is 2.31. The van der Waals surface area contributed by atoms with Crippen LogP contribution >= 0.6 is 11.6 Å². The molecule has 0 saturated carbocycles. The van der Waals surface area contributed by atoms with Gasteiger partial charge >= 0.3 is 0 Å². The number of hydrogen-bond donors (Lipinski definition) is 0. The molecule has 88 valence electrons. The van der Waals surface area contributed by atoms with E-state index in [1.807, 2.05) is 0 Å². The molecule has 17 heavy (non-hydrogen) atoms. The lowest BCUT2D eigenvalue weighted by molar-refractivity contribution is -0.683. The predicted molar refractivity (Wildman–Crippen MR) is 60.2 cm³/mol. The Bertz CT molecular complexity index is 488. The molecule has 0 bridgehead atoms. The number of hydrogen-bond acceptors (Lipinski definition) is 2. The summed E-state index contributed by atoms with van der Waals surface area (Å²) in [5, 5.41) is 0.633. The molecule has 0 aliphatic carbocycles. The maximum atomic E-state index is 11.8. The fourth-order valence-corrected chi connectivity index (χ4v) is 1.47. The van der Waals surface area contributed by atoms with Gasteiger partial charge in [0.25, 0.3) is 0 Å². The first-order valence-electron chi connectivity index (χ1n) is 4.83. The van der Waals surface area contributed by atoms with Gasteiger partial charge in [-0.15, -0.1) is 0 Å². The van der Waals surface area contributed by atoms with Crippen LogP contribution in [0, 0.1) is 0 Å². The van der Waals surface area contributed by atoms with E-state index in [-0.39, 0.29) is 22.8 Å². The third-order valence-corrected chi connectivity index (χ3v) is 2.43. The van der Waals surface area contributed by atoms with Crippen molar-refractivity contribution in [1.82, 2.24) is 4.98 Å². The number of nitrogens with zero attached hydrogens (tertiary/aromatic N) is 2. The summed E-state index contributed by atoms with van der Waals surface area (Å²) in [6, 6.07) is 6.89. The molecule has 0 amide bonds. The summed E-state index contributed by atoms with van der Waals surface area (Å²) in [5.74, 6) is 0.0490. The average molecular weight is 314 g/mol. The second kappa shape index (κ2) is 6.47. The van der Waals surface area contributed by atoms with E-state index in [0.29, 0.717) is 17.1 Å². The molecule has 3 nitrogen and oxygen atoms in total. The molecule has 0 saturated heterocycles. The Morgan fingerprint density at radius 3 is 2.35 bits per heavy atom. The van der Waals surface area contributed by atoms with E-state index >= 15 is 0 Å². The topological polar surface area (TPSA) is 33.8 Å². The molecular formula is C12H10BrClN2O. The molecule has 0 aliphatic heterocycles. The van der Waals surface area contributed by atoms with E-state index in [1.54, 1.807) is 53.6 Å². The predicted octanol–water partition coefficient (Wildman–Crippen LogP) is -1.09. The van der Waals surface area contributed by atoms with Crippen LogP contribution < -0.4 is 21.5 Å². The van der Waals surface area contributed by atoms with Gasteiger partial charge in [0.05, 0.1) is 12.4 Å². The van der Waals surface area contributed by atoms with Crippen molar-refractivity contribution in [3.63, 3.8) is 0 Å². The summed E-state index contributed by atoms with van der Waals surface area (Å²) in [4.78, 5) is 15.7. The minimum atomic E-state index is 0. The lowest BCUT2D eigenvalue weighted by Crippen LogP contribution is -3.00. The van der Waals surface area contributed by atoms with Crippen molar-refractivity contribution in [1.29, 1.82) is 0 Å². The Kier molecular flexibility index (Phi) is 5.25. The van der Waals surface area contributed by atoms with Gasteiger partial charge in [-0.05, 0) is 24.3 Å². The number of carbonyl (C=O) groups excluding carboxylic acids is 1. The molecule has 0 N–H and O–H groups in total. The first kappa shape index (κ1) is 13.8. The van der Waals surface area contributed by atoms with E-state index in [2.05, 4.69) is 4.98 Å². The van der Waals surface area contributed by atoms with Crippen LogP contribution in [0.25, 0.3) is 0 Å². The fraction of sp³-hybridized carbons (Fsp3) is 0.0833. The van der Waals surface area contributed by atoms with Gasteiger partial charge in [0.2, 0.25) is 12.3 Å². The van der Waals surface area contributed by atoms with E-state index in [4.69, 9.17) is 11.6 Å². The lowest BCUT2D eigenvalue weighted by Gasteiger charge is -1.97. The Labute approximate surface area is 115 Å². The summed E-state index contributed by atoms with van der Waals surface area (Å²) in [5.41, 5.74) is 0.661. The SMILES string of the molecule is O=C(C[n+]1ccncc1)c1ccc(Cl)cc1.[Br-]. The van der Waals surface area contributed by atoms with Crippen LogP contribution in [0.15, 0.2) is 49.1 Å². The monoisotopic (exact) mass is 312 g/mol. The normalized spacial score (nSPS) is 9.47. The zero-order valence-corrected chi connectivity index (χ0v) is 11.2. The maximum Gasteiger partial charge on any atom is 0.227 e. The van der Waals surface area contributed by atoms with E-state index < -0.39 is 0 Å². The highest BCUT2D eigenvalue weighted by molar-refractivity contribution is 6.30. The van der Waals surface area contributed by atoms with Crippen molar-refractivity contribution < 1.29 is 26.3 Å². The van der Waals surface area contributed by atoms with Crippen molar-refractivity contribution in [2.24, 2.45) is 0 Å². The van der Waals surface area contributed by atoms with Crippen LogP contribution in [-0.4, -0.2) is 10.8 Å². The molecule has 1 aromatic carbocycles. The first-order chi connectivity index (χ1) is 7.75. The molecule has 0 atom stereocenters. The molecule has 0 radical (unpaired) electrons. The van der Waals surface area contributed by atoms with Gasteiger partial charge in [0.1, 0.15) is 0 Å². The van der Waals surface area contributed by atoms with Crippen molar-refractivity contribution in [3.8, 4) is 0 Å². The zero-order valence-electron chi connectivity index (χ0n) is 8.88. The van der Waals surface area contributed by atoms with Crippen molar-refractivity contribution >= 4 is 17.4 Å². The molecular weight excluding hydrogens is 304 g/mol. The molecule has 1 aromatic heterocycles. The molecule has 0 spiro atoms. The second-order valence-corrected chi connectivity index (χ2v) is 3.78. The minimum absolute atomic E-state index is 0. The number of ketones is 1. The summed E-state index contributed by atoms with van der Waals surface area (Å²) in [7, 11) is 0. The van der Waals surface area contributed by atoms with Crippen LogP contribution in [0.5, 0.6) is 0 Å². The van der Waals surface area contributed by atoms with Crippen LogP contribution in [0.1, 0.15) is 10.4 Å². The summed E-state index contributed by atoms with van der Waals surface area (Å²) in [6.45, 7) is 0.310. The van der Waals surface area contributed by atoms with Crippen LogP contribution in [0.2, 0.25) is 5.02 Å². The van der Waals surface area contributed by atoms with E-state index in [1.165, 1.54) is 0 Å². The van der Waals surface area contributed by atoms with Crippen molar-refractivity contribution in [2.45, 2.75) is 6.54 Å². The quantitative estimate of drug-likeness (QED) is 0.533. The van der Waals surface area contributed by atoms with Crippen molar-refractivity contribution in [2.75, 3.05) is 0 Å². The van der Waals surface area contributed by atoms with Gasteiger partial charge in [0.15, 0.2) is 12.4 Å². The van der Waals surface area contributed by atoms with Crippen LogP contribution in [-0.2, 0) is 6.54 Å². The highest BCUT2D eigenvalue weighted by Crippen LogP contribution is 2.09. The molecule has 1 heterocycles. The summed E-state index contributed by atoms with van der Waals surface area (Å²) >= 11 is 5.75. The lowest BCUT2D eigenvalue weighted by atomic mass is 10.1. The highest BCUT2D eigenvalue weighted by atomic mass is 79.9. The van der Waals surface area contributed by atoms with Crippen molar-refractivity contribution in [3.05, 3.63) is 59.6 Å². The van der Waals surface area contributed by atoms with Gasteiger partial charge in [-0.2, -0.15) is 4.57 Å². The maximum absolute atomic E-state index is 11.8. The van der Waals surface area contributed by atoms with Gasteiger partial charge in [-0.1, -0.05) is 11.6 Å². The number of benzene rings is 1. The molecule has 5 heteroatoms. The van der Waals surface area contributed by atoms with Gasteiger partial charge in [-0.3, -0.25) is 9.78 Å². The molecule has 0 unspecified atom stereocenters. The Balaban J connectivity index is 0.00000144. The minimum Gasteiger partial charge on any atom is -1.00 e. The van der Waals surface area contributed by atoms with E-state index in [9.17, 15) is 4.79 Å². The van der Waals surface area contributed by atoms with Crippen LogP contribution in [0.4, 0.5) is 0 Å². The number of rotatable bonds is 3. The number of halogens is 2. The smallest absolute Gasteiger partial charge is 0.227 e. The molecule has 2 rings (SSSR count). The van der Waals surface area contributed by atoms with Gasteiger partial charge in [-0.25, -0.2) is 0 Å². The number of Topliss-reactive ketones (excluding diaryl/α,β-unsaturated/α-hetero) is 1. The first-order valence-corrected chi connectivity index (χ1v) is 5.21. The van der Waals surface area contributed by atoms with Gasteiger partial charge < -0.3 is 17.0 Å². The zero-order chi connectivity index (χ0) is 11.4. The Morgan fingerprint density at radius 1 is 1.18 bits per heavy atom. The fourth-order valence-electron chi connectivity index (χ4n) is 1.35. The second-order valence-electron chi connectivity index (χ2n) is 3.35. The van der Waals surface area contributed by atoms with Crippen LogP contribution in [0.3, 0.4) is 0 Å². The number of carbonyl (C=O) groups is 1. The highest BCUT2D eigenvalue weighted by Gasteiger charge is 2.11. The number of aromatic nitrogens is 2. The summed E-state index contributed by atoms with van der Waals surface area (Å²) in [6.07, 6.45) is 6.81. The van der Waals surface area contributed by atoms with Gasteiger partial charge in [0, 0.05) is 10.6 Å². The summed E-state index contributed by atoms with van der Waals surface area (Å²) < 4.78 is 1.78. The standard InChI is InChI=1S/C12H10ClN2O.BrH/c13-11-3-1-10(2-4-11)12(16)9-15-7-5-14-6-8-15;/h1-8H,9H2;1H/q+1;/p-1. The Hall–Kier alpha value is -1.26. The third-order valence-electron chi connectivity index (χ3n) is 2.18. The largest absolute Gasteiger partial charge is 1.00 e. The third kappa shape index (κ3) is 3.91. The molecule has 0 aliphatic rings.